The molecule has 0 aromatic carbocycles. The first-order valence-electron chi connectivity index (χ1n) is 4.84. The lowest BCUT2D eigenvalue weighted by Crippen LogP contribution is -2.30. The molecular weight excluding hydrogens is 194 g/mol. The Hall–Kier alpha value is -1.08. The molecule has 0 bridgehead atoms. The second-order valence-corrected chi connectivity index (χ2v) is 3.11. The van der Waals surface area contributed by atoms with Crippen LogP contribution in [0, 0.1) is 10.7 Å². The van der Waals surface area contributed by atoms with Crippen molar-refractivity contribution in [3.63, 3.8) is 0 Å². The van der Waals surface area contributed by atoms with Crippen LogP contribution in [-0.4, -0.2) is 4.57 Å². The SMILES string of the molecule is CCCC[n+]1ccn(CC)c1.N#C[S-]. The van der Waals surface area contributed by atoms with E-state index in [0.29, 0.717) is 0 Å². The number of aromatic nitrogens is 2. The van der Waals surface area contributed by atoms with Crippen LogP contribution in [0.5, 0.6) is 0 Å². The van der Waals surface area contributed by atoms with E-state index in [2.05, 4.69) is 54.3 Å². The summed E-state index contributed by atoms with van der Waals surface area (Å²) < 4.78 is 4.43. The predicted molar refractivity (Wildman–Crippen MR) is 58.2 cm³/mol. The summed E-state index contributed by atoms with van der Waals surface area (Å²) in [6.45, 7) is 6.60. The molecule has 1 aromatic heterocycles. The summed E-state index contributed by atoms with van der Waals surface area (Å²) in [5.74, 6) is 0. The summed E-state index contributed by atoms with van der Waals surface area (Å²) in [5.41, 5.74) is 0. The highest BCUT2D eigenvalue weighted by Gasteiger charge is 1.98. The minimum absolute atomic E-state index is 1.07. The van der Waals surface area contributed by atoms with E-state index < -0.39 is 0 Å². The van der Waals surface area contributed by atoms with Gasteiger partial charge in [-0.1, -0.05) is 18.7 Å². The van der Waals surface area contributed by atoms with E-state index in [1.165, 1.54) is 18.2 Å². The van der Waals surface area contributed by atoms with Crippen LogP contribution in [0.2, 0.25) is 0 Å². The van der Waals surface area contributed by atoms with Crippen LogP contribution in [-0.2, 0) is 25.7 Å². The molecule has 0 unspecified atom stereocenters. The molecule has 4 heteroatoms. The van der Waals surface area contributed by atoms with Crippen molar-refractivity contribution in [1.29, 1.82) is 5.26 Å². The molecule has 0 atom stereocenters. The standard InChI is InChI=1S/C9H17N2.CHNS/c1-3-5-6-11-8-7-10(4-2)9-11;2-1-3/h7-9H,3-6H2,1-2H3;3H/q+1;/p-1. The highest BCUT2D eigenvalue weighted by Crippen LogP contribution is 1.87. The monoisotopic (exact) mass is 211 g/mol. The van der Waals surface area contributed by atoms with Crippen LogP contribution in [0.15, 0.2) is 18.7 Å². The third kappa shape index (κ3) is 5.55. The Morgan fingerprint density at radius 3 is 2.57 bits per heavy atom. The van der Waals surface area contributed by atoms with Crippen LogP contribution in [0.3, 0.4) is 0 Å². The fourth-order valence-corrected chi connectivity index (χ4v) is 1.10. The number of hydrogen-bond acceptors (Lipinski definition) is 2. The van der Waals surface area contributed by atoms with E-state index in [-0.39, 0.29) is 0 Å². The van der Waals surface area contributed by atoms with E-state index in [0.717, 1.165) is 13.1 Å². The summed E-state index contributed by atoms with van der Waals surface area (Å²) in [5, 5.41) is 8.47. The topological polar surface area (TPSA) is 32.6 Å². The number of hydrogen-bond donors (Lipinski definition) is 0. The molecule has 0 spiro atoms. The van der Waals surface area contributed by atoms with Gasteiger partial charge in [0.15, 0.2) is 0 Å². The second-order valence-electron chi connectivity index (χ2n) is 2.93. The average molecular weight is 211 g/mol. The van der Waals surface area contributed by atoms with Crippen molar-refractivity contribution in [1.82, 2.24) is 4.57 Å². The van der Waals surface area contributed by atoms with Crippen molar-refractivity contribution < 1.29 is 4.57 Å². The highest BCUT2D eigenvalue weighted by molar-refractivity contribution is 7.64. The number of rotatable bonds is 4. The molecule has 0 radical (unpaired) electrons. The zero-order valence-electron chi connectivity index (χ0n) is 8.81. The first-order valence-corrected chi connectivity index (χ1v) is 5.25. The Morgan fingerprint density at radius 2 is 2.14 bits per heavy atom. The normalized spacial score (nSPS) is 8.64. The van der Waals surface area contributed by atoms with Gasteiger partial charge in [0, 0.05) is 0 Å². The van der Waals surface area contributed by atoms with Crippen molar-refractivity contribution in [2.24, 2.45) is 0 Å². The van der Waals surface area contributed by atoms with Crippen LogP contribution in [0.25, 0.3) is 0 Å². The van der Waals surface area contributed by atoms with Gasteiger partial charge in [0.1, 0.15) is 12.4 Å². The highest BCUT2D eigenvalue weighted by atomic mass is 32.1. The number of imidazole rings is 1. The first-order chi connectivity index (χ1) is 6.78. The van der Waals surface area contributed by atoms with Gasteiger partial charge < -0.3 is 12.6 Å². The van der Waals surface area contributed by atoms with Crippen molar-refractivity contribution in [3.05, 3.63) is 18.7 Å². The Morgan fingerprint density at radius 1 is 1.50 bits per heavy atom. The lowest BCUT2D eigenvalue weighted by Gasteiger charge is -1.91. The molecule has 0 saturated heterocycles. The van der Waals surface area contributed by atoms with Gasteiger partial charge in [-0.25, -0.2) is 14.4 Å². The fraction of sp³-hybridized carbons (Fsp3) is 0.600. The zero-order valence-corrected chi connectivity index (χ0v) is 9.63. The van der Waals surface area contributed by atoms with Crippen LogP contribution >= 0.6 is 0 Å². The van der Waals surface area contributed by atoms with Gasteiger partial charge in [0.2, 0.25) is 6.33 Å². The number of thiocyanates is 1. The Kier molecular flexibility index (Phi) is 7.86. The Bertz CT molecular complexity index is 275. The van der Waals surface area contributed by atoms with Crippen molar-refractivity contribution in [2.75, 3.05) is 0 Å². The van der Waals surface area contributed by atoms with Gasteiger partial charge in [0.05, 0.1) is 13.1 Å². The summed E-state index contributed by atoms with van der Waals surface area (Å²) in [7, 11) is 0. The third-order valence-electron chi connectivity index (χ3n) is 1.88. The van der Waals surface area contributed by atoms with Gasteiger partial charge in [0.25, 0.3) is 0 Å². The van der Waals surface area contributed by atoms with Gasteiger partial charge in [-0.15, -0.1) is 0 Å². The zero-order chi connectivity index (χ0) is 10.8. The average Bonchev–Trinajstić information content (AvgIpc) is 2.63. The maximum atomic E-state index is 7.13. The van der Waals surface area contributed by atoms with Crippen molar-refractivity contribution in [3.8, 4) is 5.40 Å². The quantitative estimate of drug-likeness (QED) is 0.430. The van der Waals surface area contributed by atoms with E-state index >= 15 is 0 Å². The molecule has 0 amide bonds. The lowest BCUT2D eigenvalue weighted by molar-refractivity contribution is -0.696. The molecule has 0 fully saturated rings. The second kappa shape index (κ2) is 8.52. The molecule has 78 valence electrons. The molecule has 0 N–H and O–H groups in total. The number of nitriles is 1. The minimum Gasteiger partial charge on any atom is -0.696 e. The van der Waals surface area contributed by atoms with Crippen LogP contribution < -0.4 is 4.57 Å². The summed E-state index contributed by atoms with van der Waals surface area (Å²) in [6, 6.07) is 0. The Balaban J connectivity index is 0.000000500. The van der Waals surface area contributed by atoms with E-state index in [1.54, 1.807) is 0 Å². The molecule has 14 heavy (non-hydrogen) atoms. The third-order valence-corrected chi connectivity index (χ3v) is 1.88. The predicted octanol–water partition coefficient (Wildman–Crippen LogP) is 1.61. The molecule has 0 aliphatic heterocycles. The van der Waals surface area contributed by atoms with Gasteiger partial charge in [-0.2, -0.15) is 0 Å². The van der Waals surface area contributed by atoms with E-state index in [4.69, 9.17) is 5.26 Å². The van der Waals surface area contributed by atoms with Gasteiger partial charge in [-0.05, 0) is 13.3 Å². The largest absolute Gasteiger partial charge is 0.696 e. The van der Waals surface area contributed by atoms with Gasteiger partial charge in [-0.3, -0.25) is 0 Å². The maximum absolute atomic E-state index is 7.13. The van der Waals surface area contributed by atoms with E-state index in [1.807, 2.05) is 0 Å². The molecule has 1 aromatic rings. The smallest absolute Gasteiger partial charge is 0.243 e. The molecule has 0 aliphatic carbocycles. The van der Waals surface area contributed by atoms with Crippen LogP contribution in [0.4, 0.5) is 0 Å². The minimum atomic E-state index is 1.07. The van der Waals surface area contributed by atoms with E-state index in [9.17, 15) is 0 Å². The molecular formula is C10H17N3S. The van der Waals surface area contributed by atoms with Crippen molar-refractivity contribution >= 4 is 12.6 Å². The first kappa shape index (κ1) is 12.9. The molecule has 1 rings (SSSR count). The Labute approximate surface area is 91.4 Å². The molecule has 0 aliphatic rings. The fourth-order valence-electron chi connectivity index (χ4n) is 1.10. The summed E-state index contributed by atoms with van der Waals surface area (Å²) in [6.07, 6.45) is 8.97. The molecule has 3 nitrogen and oxygen atoms in total. The lowest BCUT2D eigenvalue weighted by atomic mass is 10.3. The molecule has 1 heterocycles. The van der Waals surface area contributed by atoms with Gasteiger partial charge >= 0.3 is 0 Å². The molecule has 0 saturated carbocycles. The van der Waals surface area contributed by atoms with Crippen LogP contribution in [0.1, 0.15) is 26.7 Å². The maximum Gasteiger partial charge on any atom is 0.243 e. The number of unbranched alkanes of at least 4 members (excludes halogenated alkanes) is 1. The summed E-state index contributed by atoms with van der Waals surface area (Å²) in [4.78, 5) is 0. The van der Waals surface area contributed by atoms with Crippen molar-refractivity contribution in [2.45, 2.75) is 39.8 Å². The number of aryl methyl sites for hydroxylation is 2. The number of nitrogens with zero attached hydrogens (tertiary/aromatic N) is 3. The summed E-state index contributed by atoms with van der Waals surface area (Å²) >= 11 is 3.70.